The Kier molecular flexibility index (Phi) is 6.59. The van der Waals surface area contributed by atoms with E-state index in [-0.39, 0.29) is 12.4 Å². The maximum atomic E-state index is 12.4. The lowest BCUT2D eigenvalue weighted by Crippen LogP contribution is -2.42. The van der Waals surface area contributed by atoms with Gasteiger partial charge in [-0.3, -0.25) is 4.90 Å². The molecule has 1 aliphatic rings. The van der Waals surface area contributed by atoms with Gasteiger partial charge in [0.1, 0.15) is 0 Å². The van der Waals surface area contributed by atoms with Gasteiger partial charge in [-0.15, -0.1) is 0 Å². The highest BCUT2D eigenvalue weighted by molar-refractivity contribution is 5.43. The number of piperidine rings is 1. The third-order valence-electron chi connectivity index (χ3n) is 4.28. The van der Waals surface area contributed by atoms with Gasteiger partial charge in [-0.2, -0.15) is 8.78 Å². The van der Waals surface area contributed by atoms with Gasteiger partial charge >= 0.3 is 6.61 Å². The summed E-state index contributed by atoms with van der Waals surface area (Å²) in [5.74, 6) is 0.707. The number of alkyl halides is 2. The highest BCUT2D eigenvalue weighted by Gasteiger charge is 2.25. The van der Waals surface area contributed by atoms with E-state index in [9.17, 15) is 13.9 Å². The summed E-state index contributed by atoms with van der Waals surface area (Å²) in [6, 6.07) is 5.52. The first kappa shape index (κ1) is 17.9. The number of hydrogen-bond acceptors (Lipinski definition) is 4. The Morgan fingerprint density at radius 3 is 2.74 bits per heavy atom. The second kappa shape index (κ2) is 8.45. The first-order chi connectivity index (χ1) is 11.0. The lowest BCUT2D eigenvalue weighted by atomic mass is 9.93. The molecule has 1 N–H and O–H groups in total. The Bertz CT molecular complexity index is 499. The molecule has 1 fully saturated rings. The van der Waals surface area contributed by atoms with Crippen LogP contribution in [0.2, 0.25) is 0 Å². The molecule has 0 amide bonds. The van der Waals surface area contributed by atoms with Crippen molar-refractivity contribution in [2.75, 3.05) is 19.8 Å². The van der Waals surface area contributed by atoms with Crippen molar-refractivity contribution in [3.63, 3.8) is 0 Å². The molecule has 2 unspecified atom stereocenters. The minimum Gasteiger partial charge on any atom is -0.490 e. The third-order valence-corrected chi connectivity index (χ3v) is 4.28. The van der Waals surface area contributed by atoms with Gasteiger partial charge in [0.25, 0.3) is 0 Å². The number of aliphatic hydroxyl groups excluding tert-OH is 1. The molecule has 1 aliphatic heterocycles. The molecule has 0 saturated carbocycles. The zero-order valence-corrected chi connectivity index (χ0v) is 13.7. The number of aliphatic hydroxyl groups is 1. The second-order valence-corrected chi connectivity index (χ2v) is 6.00. The van der Waals surface area contributed by atoms with E-state index in [1.807, 2.05) is 0 Å². The maximum absolute atomic E-state index is 12.4. The summed E-state index contributed by atoms with van der Waals surface area (Å²) in [4.78, 5) is 2.31. The topological polar surface area (TPSA) is 41.9 Å². The van der Waals surface area contributed by atoms with Crippen molar-refractivity contribution in [1.82, 2.24) is 4.90 Å². The zero-order valence-electron chi connectivity index (χ0n) is 13.7. The molecule has 1 aromatic rings. The van der Waals surface area contributed by atoms with E-state index in [1.54, 1.807) is 19.1 Å². The minimum atomic E-state index is -2.87. The average Bonchev–Trinajstić information content (AvgIpc) is 2.52. The molecule has 6 heteroatoms. The van der Waals surface area contributed by atoms with Gasteiger partial charge in [-0.1, -0.05) is 6.07 Å². The van der Waals surface area contributed by atoms with Gasteiger partial charge in [0.05, 0.1) is 6.61 Å². The number of ether oxygens (including phenoxy) is 2. The lowest BCUT2D eigenvalue weighted by molar-refractivity contribution is -0.0514. The van der Waals surface area contributed by atoms with Gasteiger partial charge < -0.3 is 14.6 Å². The van der Waals surface area contributed by atoms with Crippen LogP contribution in [0.15, 0.2) is 18.2 Å². The van der Waals surface area contributed by atoms with E-state index >= 15 is 0 Å². The molecule has 0 aromatic heterocycles. The predicted octanol–water partition coefficient (Wildman–Crippen LogP) is 3.28. The first-order valence-corrected chi connectivity index (χ1v) is 8.08. The van der Waals surface area contributed by atoms with Gasteiger partial charge in [0, 0.05) is 25.7 Å². The molecule has 1 heterocycles. The van der Waals surface area contributed by atoms with Crippen molar-refractivity contribution >= 4 is 0 Å². The van der Waals surface area contributed by atoms with Crippen LogP contribution >= 0.6 is 0 Å². The van der Waals surface area contributed by atoms with E-state index in [2.05, 4.69) is 16.6 Å². The molecular formula is C17H25F2NO3. The van der Waals surface area contributed by atoms with Crippen LogP contribution in [0.5, 0.6) is 11.5 Å². The summed E-state index contributed by atoms with van der Waals surface area (Å²) in [5, 5.41) is 9.36. The SMILES string of the molecule is CCOc1cc(CN2CC(CO)CCC2C)ccc1OC(F)F. The van der Waals surface area contributed by atoms with Crippen molar-refractivity contribution in [2.45, 2.75) is 45.9 Å². The molecule has 4 nitrogen and oxygen atoms in total. The monoisotopic (exact) mass is 329 g/mol. The molecular weight excluding hydrogens is 304 g/mol. The molecule has 2 rings (SSSR count). The Morgan fingerprint density at radius 1 is 1.30 bits per heavy atom. The molecule has 23 heavy (non-hydrogen) atoms. The normalized spacial score (nSPS) is 22.3. The molecule has 1 aromatic carbocycles. The Labute approximate surface area is 136 Å². The number of likely N-dealkylation sites (tertiary alicyclic amines) is 1. The fourth-order valence-electron chi connectivity index (χ4n) is 2.98. The fourth-order valence-corrected chi connectivity index (χ4v) is 2.98. The van der Waals surface area contributed by atoms with Crippen LogP contribution in [0.1, 0.15) is 32.3 Å². The second-order valence-electron chi connectivity index (χ2n) is 6.00. The van der Waals surface area contributed by atoms with Gasteiger partial charge in [-0.25, -0.2) is 0 Å². The van der Waals surface area contributed by atoms with Crippen LogP contribution in [-0.4, -0.2) is 42.4 Å². The molecule has 0 aliphatic carbocycles. The Morgan fingerprint density at radius 2 is 2.09 bits per heavy atom. The number of nitrogens with zero attached hydrogens (tertiary/aromatic N) is 1. The van der Waals surface area contributed by atoms with Crippen molar-refractivity contribution in [1.29, 1.82) is 0 Å². The van der Waals surface area contributed by atoms with Crippen LogP contribution < -0.4 is 9.47 Å². The average molecular weight is 329 g/mol. The summed E-state index contributed by atoms with van der Waals surface area (Å²) in [5.41, 5.74) is 0.987. The molecule has 0 bridgehead atoms. The van der Waals surface area contributed by atoms with Crippen LogP contribution in [-0.2, 0) is 6.54 Å². The number of benzene rings is 1. The van der Waals surface area contributed by atoms with Crippen molar-refractivity contribution in [3.8, 4) is 11.5 Å². The zero-order chi connectivity index (χ0) is 16.8. The van der Waals surface area contributed by atoms with E-state index in [1.165, 1.54) is 6.07 Å². The lowest BCUT2D eigenvalue weighted by Gasteiger charge is -2.37. The summed E-state index contributed by atoms with van der Waals surface area (Å²) in [7, 11) is 0. The van der Waals surface area contributed by atoms with Crippen molar-refractivity contribution < 1.29 is 23.4 Å². The molecule has 2 atom stereocenters. The predicted molar refractivity (Wildman–Crippen MR) is 83.9 cm³/mol. The summed E-state index contributed by atoms with van der Waals surface area (Å²) in [6.07, 6.45) is 2.09. The largest absolute Gasteiger partial charge is 0.490 e. The molecule has 0 spiro atoms. The molecule has 1 saturated heterocycles. The molecule has 130 valence electrons. The number of halogens is 2. The van der Waals surface area contributed by atoms with E-state index in [0.29, 0.717) is 30.9 Å². The van der Waals surface area contributed by atoms with E-state index < -0.39 is 6.61 Å². The van der Waals surface area contributed by atoms with E-state index in [0.717, 1.165) is 24.9 Å². The van der Waals surface area contributed by atoms with Crippen LogP contribution in [0, 0.1) is 5.92 Å². The van der Waals surface area contributed by atoms with Crippen LogP contribution in [0.25, 0.3) is 0 Å². The van der Waals surface area contributed by atoms with Crippen LogP contribution in [0.3, 0.4) is 0 Å². The van der Waals surface area contributed by atoms with Crippen molar-refractivity contribution in [3.05, 3.63) is 23.8 Å². The summed E-state index contributed by atoms with van der Waals surface area (Å²) in [6.45, 7) is 3.24. The van der Waals surface area contributed by atoms with E-state index in [4.69, 9.17) is 4.74 Å². The quantitative estimate of drug-likeness (QED) is 0.833. The summed E-state index contributed by atoms with van der Waals surface area (Å²) < 4.78 is 34.8. The minimum absolute atomic E-state index is 0.0607. The van der Waals surface area contributed by atoms with Gasteiger partial charge in [-0.05, 0) is 50.3 Å². The standard InChI is InChI=1S/C17H25F2NO3/c1-3-22-16-8-13(6-7-15(16)23-17(18)19)9-20-10-14(11-21)5-4-12(20)2/h6-8,12,14,17,21H,3-5,9-11H2,1-2H3. The fraction of sp³-hybridized carbons (Fsp3) is 0.647. The smallest absolute Gasteiger partial charge is 0.387 e. The third kappa shape index (κ3) is 5.04. The van der Waals surface area contributed by atoms with Gasteiger partial charge in [0.15, 0.2) is 11.5 Å². The van der Waals surface area contributed by atoms with Crippen LogP contribution in [0.4, 0.5) is 8.78 Å². The van der Waals surface area contributed by atoms with Gasteiger partial charge in [0.2, 0.25) is 0 Å². The molecule has 0 radical (unpaired) electrons. The number of hydrogen-bond donors (Lipinski definition) is 1. The highest BCUT2D eigenvalue weighted by atomic mass is 19.3. The Hall–Kier alpha value is -1.40. The number of rotatable bonds is 7. The maximum Gasteiger partial charge on any atom is 0.387 e. The Balaban J connectivity index is 2.11. The highest BCUT2D eigenvalue weighted by Crippen LogP contribution is 2.31. The summed E-state index contributed by atoms with van der Waals surface area (Å²) >= 11 is 0. The first-order valence-electron chi connectivity index (χ1n) is 8.08. The van der Waals surface area contributed by atoms with Crippen molar-refractivity contribution in [2.24, 2.45) is 5.92 Å².